The summed E-state index contributed by atoms with van der Waals surface area (Å²) in [6.07, 6.45) is 2.13. The van der Waals surface area contributed by atoms with Gasteiger partial charge in [0.15, 0.2) is 0 Å². The Hall–Kier alpha value is -1.39. The van der Waals surface area contributed by atoms with Crippen LogP contribution in [0.15, 0.2) is 18.2 Å². The standard InChI is InChI=1S/C16H19NO3/c18-10-2-1-9-7-12-15-13(19)3-4-14(20)16(15,5-6-17-12)11(9)8-10/h1-2,8,12-13,15,17-19H,3-7H2/t12-,13?,15-,16+/m1/s1. The Labute approximate surface area is 117 Å². The van der Waals surface area contributed by atoms with E-state index in [4.69, 9.17) is 0 Å². The van der Waals surface area contributed by atoms with Crippen LogP contribution >= 0.6 is 0 Å². The SMILES string of the molecule is O=C1CCC(O)[C@H]2[C@H]3Cc4ccc(O)cc4[C@@]12CCN3. The number of phenols is 1. The molecule has 1 saturated carbocycles. The molecule has 3 aliphatic rings. The molecule has 1 saturated heterocycles. The molecule has 4 nitrogen and oxygen atoms in total. The van der Waals surface area contributed by atoms with Gasteiger partial charge >= 0.3 is 0 Å². The van der Waals surface area contributed by atoms with Crippen molar-refractivity contribution in [3.8, 4) is 5.75 Å². The van der Waals surface area contributed by atoms with E-state index in [9.17, 15) is 15.0 Å². The number of benzene rings is 1. The first-order valence-electron chi connectivity index (χ1n) is 7.40. The maximum Gasteiger partial charge on any atom is 0.144 e. The Morgan fingerprint density at radius 1 is 1.35 bits per heavy atom. The lowest BCUT2D eigenvalue weighted by Crippen LogP contribution is -2.66. The van der Waals surface area contributed by atoms with E-state index >= 15 is 0 Å². The molecular formula is C16H19NO3. The number of Topliss-reactive ketones (excluding diaryl/α,β-unsaturated/α-hetero) is 1. The summed E-state index contributed by atoms with van der Waals surface area (Å²) in [4.78, 5) is 12.8. The predicted molar refractivity (Wildman–Crippen MR) is 73.6 cm³/mol. The van der Waals surface area contributed by atoms with Crippen LogP contribution in [0.3, 0.4) is 0 Å². The van der Waals surface area contributed by atoms with Gasteiger partial charge in [-0.1, -0.05) is 6.07 Å². The molecule has 2 aliphatic carbocycles. The highest BCUT2D eigenvalue weighted by atomic mass is 16.3. The summed E-state index contributed by atoms with van der Waals surface area (Å²) in [6.45, 7) is 0.800. The van der Waals surface area contributed by atoms with Crippen LogP contribution in [0, 0.1) is 5.92 Å². The summed E-state index contributed by atoms with van der Waals surface area (Å²) in [7, 11) is 0. The molecule has 0 amide bonds. The summed E-state index contributed by atoms with van der Waals surface area (Å²) in [5.74, 6) is 0.402. The zero-order valence-corrected chi connectivity index (χ0v) is 11.3. The highest BCUT2D eigenvalue weighted by Crippen LogP contribution is 2.52. The summed E-state index contributed by atoms with van der Waals surface area (Å²) < 4.78 is 0. The molecule has 1 unspecified atom stereocenters. The Morgan fingerprint density at radius 2 is 2.20 bits per heavy atom. The first-order chi connectivity index (χ1) is 9.63. The van der Waals surface area contributed by atoms with E-state index in [2.05, 4.69) is 5.32 Å². The molecule has 106 valence electrons. The van der Waals surface area contributed by atoms with Crippen molar-refractivity contribution >= 4 is 5.78 Å². The number of piperidine rings is 1. The van der Waals surface area contributed by atoms with Crippen molar-refractivity contribution < 1.29 is 15.0 Å². The van der Waals surface area contributed by atoms with Gasteiger partial charge in [-0.3, -0.25) is 4.79 Å². The number of hydrogen-bond donors (Lipinski definition) is 3. The van der Waals surface area contributed by atoms with Gasteiger partial charge in [0.05, 0.1) is 11.5 Å². The lowest BCUT2D eigenvalue weighted by Gasteiger charge is -2.56. The van der Waals surface area contributed by atoms with E-state index in [1.807, 2.05) is 6.07 Å². The third-order valence-corrected chi connectivity index (χ3v) is 5.52. The van der Waals surface area contributed by atoms with E-state index in [1.54, 1.807) is 12.1 Å². The molecule has 4 atom stereocenters. The highest BCUT2D eigenvalue weighted by Gasteiger charge is 2.59. The lowest BCUT2D eigenvalue weighted by atomic mass is 9.51. The van der Waals surface area contributed by atoms with Crippen molar-refractivity contribution in [1.29, 1.82) is 0 Å². The predicted octanol–water partition coefficient (Wildman–Crippen LogP) is 0.888. The normalized spacial score (nSPS) is 39.0. The number of carbonyl (C=O) groups excluding carboxylic acids is 1. The topological polar surface area (TPSA) is 69.6 Å². The van der Waals surface area contributed by atoms with Gasteiger partial charge in [-0.05, 0) is 49.1 Å². The minimum absolute atomic E-state index is 0.0493. The van der Waals surface area contributed by atoms with E-state index < -0.39 is 11.5 Å². The molecule has 1 aliphatic heterocycles. The van der Waals surface area contributed by atoms with Gasteiger partial charge in [-0.2, -0.15) is 0 Å². The number of phenolic OH excluding ortho intramolecular Hbond substituents is 1. The zero-order chi connectivity index (χ0) is 13.9. The third kappa shape index (κ3) is 1.41. The van der Waals surface area contributed by atoms with Gasteiger partial charge in [0.2, 0.25) is 0 Å². The average molecular weight is 273 g/mol. The summed E-state index contributed by atoms with van der Waals surface area (Å²) in [5, 5.41) is 23.8. The van der Waals surface area contributed by atoms with Crippen molar-refractivity contribution in [2.45, 2.75) is 43.2 Å². The van der Waals surface area contributed by atoms with Crippen molar-refractivity contribution in [1.82, 2.24) is 5.32 Å². The van der Waals surface area contributed by atoms with E-state index in [-0.39, 0.29) is 23.5 Å². The smallest absolute Gasteiger partial charge is 0.144 e. The summed E-state index contributed by atoms with van der Waals surface area (Å²) >= 11 is 0. The number of carbonyl (C=O) groups is 1. The van der Waals surface area contributed by atoms with Crippen LogP contribution in [-0.2, 0) is 16.6 Å². The molecule has 0 aromatic heterocycles. The van der Waals surface area contributed by atoms with Crippen LogP contribution in [0.25, 0.3) is 0 Å². The molecule has 2 fully saturated rings. The fourth-order valence-electron chi connectivity index (χ4n) is 4.75. The molecule has 0 radical (unpaired) electrons. The van der Waals surface area contributed by atoms with Crippen LogP contribution in [0.5, 0.6) is 5.75 Å². The first kappa shape index (κ1) is 12.4. The number of rotatable bonds is 0. The Morgan fingerprint density at radius 3 is 3.05 bits per heavy atom. The molecule has 1 aromatic rings. The Balaban J connectivity index is 1.98. The number of aliphatic hydroxyl groups excluding tert-OH is 1. The van der Waals surface area contributed by atoms with Gasteiger partial charge in [0, 0.05) is 18.4 Å². The lowest BCUT2D eigenvalue weighted by molar-refractivity contribution is -0.139. The zero-order valence-electron chi connectivity index (χ0n) is 11.3. The number of fused-ring (bicyclic) bond motifs is 1. The molecule has 20 heavy (non-hydrogen) atoms. The maximum atomic E-state index is 12.8. The fraction of sp³-hybridized carbons (Fsp3) is 0.562. The molecular weight excluding hydrogens is 254 g/mol. The molecule has 4 heteroatoms. The number of aliphatic hydroxyl groups is 1. The second kappa shape index (κ2) is 4.06. The second-order valence-electron chi connectivity index (χ2n) is 6.38. The van der Waals surface area contributed by atoms with Crippen molar-refractivity contribution in [2.75, 3.05) is 6.54 Å². The van der Waals surface area contributed by atoms with Crippen molar-refractivity contribution in [3.63, 3.8) is 0 Å². The molecule has 0 spiro atoms. The first-order valence-corrected chi connectivity index (χ1v) is 7.40. The van der Waals surface area contributed by atoms with E-state index in [0.29, 0.717) is 12.8 Å². The highest BCUT2D eigenvalue weighted by molar-refractivity contribution is 5.93. The van der Waals surface area contributed by atoms with E-state index in [1.165, 1.54) is 0 Å². The van der Waals surface area contributed by atoms with Crippen LogP contribution < -0.4 is 5.32 Å². The van der Waals surface area contributed by atoms with Crippen LogP contribution in [0.4, 0.5) is 0 Å². The summed E-state index contributed by atoms with van der Waals surface area (Å²) in [6, 6.07) is 5.53. The minimum atomic E-state index is -0.583. The second-order valence-corrected chi connectivity index (χ2v) is 6.38. The Kier molecular flexibility index (Phi) is 2.51. The van der Waals surface area contributed by atoms with Crippen molar-refractivity contribution in [3.05, 3.63) is 29.3 Å². The molecule has 2 bridgehead atoms. The Bertz CT molecular complexity index is 585. The van der Waals surface area contributed by atoms with Crippen LogP contribution in [0.2, 0.25) is 0 Å². The van der Waals surface area contributed by atoms with Crippen LogP contribution in [-0.4, -0.2) is 34.7 Å². The fourth-order valence-corrected chi connectivity index (χ4v) is 4.75. The monoisotopic (exact) mass is 273 g/mol. The number of aromatic hydroxyl groups is 1. The van der Waals surface area contributed by atoms with Gasteiger partial charge in [0.25, 0.3) is 0 Å². The van der Waals surface area contributed by atoms with Gasteiger partial charge in [-0.25, -0.2) is 0 Å². The number of nitrogens with one attached hydrogen (secondary N) is 1. The third-order valence-electron chi connectivity index (χ3n) is 5.52. The van der Waals surface area contributed by atoms with Gasteiger partial charge in [0.1, 0.15) is 11.5 Å². The van der Waals surface area contributed by atoms with Crippen molar-refractivity contribution in [2.24, 2.45) is 5.92 Å². The van der Waals surface area contributed by atoms with Gasteiger partial charge < -0.3 is 15.5 Å². The van der Waals surface area contributed by atoms with E-state index in [0.717, 1.165) is 30.5 Å². The average Bonchev–Trinajstić information content (AvgIpc) is 2.44. The largest absolute Gasteiger partial charge is 0.508 e. The molecule has 3 N–H and O–H groups in total. The number of hydrogen-bond acceptors (Lipinski definition) is 4. The molecule has 1 heterocycles. The number of ketones is 1. The summed E-state index contributed by atoms with van der Waals surface area (Å²) in [5.41, 5.74) is 1.52. The molecule has 1 aromatic carbocycles. The minimum Gasteiger partial charge on any atom is -0.508 e. The quantitative estimate of drug-likeness (QED) is 0.656. The molecule has 4 rings (SSSR count). The van der Waals surface area contributed by atoms with Gasteiger partial charge in [-0.15, -0.1) is 0 Å². The maximum absolute atomic E-state index is 12.8. The van der Waals surface area contributed by atoms with Crippen LogP contribution in [0.1, 0.15) is 30.4 Å².